The second-order valence-corrected chi connectivity index (χ2v) is 8.14. The molecule has 1 aliphatic heterocycles. The number of carbonyl (C=O) groups is 1. The summed E-state index contributed by atoms with van der Waals surface area (Å²) in [6.07, 6.45) is 1.55. The van der Waals surface area contributed by atoms with Crippen LogP contribution in [-0.4, -0.2) is 54.2 Å². The first kappa shape index (κ1) is 19.0. The molecule has 5 rings (SSSR count). The number of anilines is 1. The number of thiazole rings is 1. The molecule has 0 radical (unpaired) electrons. The Morgan fingerprint density at radius 3 is 2.77 bits per heavy atom. The Morgan fingerprint density at radius 1 is 1.20 bits per heavy atom. The van der Waals surface area contributed by atoms with E-state index in [0.717, 1.165) is 15.3 Å². The molecule has 1 amide bonds. The molecule has 1 fully saturated rings. The Bertz CT molecular complexity index is 1200. The van der Waals surface area contributed by atoms with Crippen LogP contribution in [0.25, 0.3) is 21.7 Å². The van der Waals surface area contributed by atoms with E-state index >= 15 is 0 Å². The molecule has 30 heavy (non-hydrogen) atoms. The van der Waals surface area contributed by atoms with E-state index in [2.05, 4.69) is 10.1 Å². The summed E-state index contributed by atoms with van der Waals surface area (Å²) in [5, 5.41) is 5.42. The van der Waals surface area contributed by atoms with Crippen molar-refractivity contribution in [3.05, 3.63) is 47.3 Å². The van der Waals surface area contributed by atoms with E-state index in [1.807, 2.05) is 12.1 Å². The number of halogens is 1. The molecule has 1 aromatic carbocycles. The van der Waals surface area contributed by atoms with E-state index in [9.17, 15) is 4.79 Å². The number of methoxy groups -OCH3 is 1. The molecule has 1 aliphatic rings. The zero-order chi connectivity index (χ0) is 20.7. The van der Waals surface area contributed by atoms with Gasteiger partial charge in [0.1, 0.15) is 11.3 Å². The molecule has 0 atom stereocenters. The van der Waals surface area contributed by atoms with Gasteiger partial charge in [0, 0.05) is 32.2 Å². The minimum absolute atomic E-state index is 0.162. The number of hydrogen-bond donors (Lipinski definition) is 0. The Labute approximate surface area is 180 Å². The maximum atomic E-state index is 12.8. The van der Waals surface area contributed by atoms with Crippen molar-refractivity contribution in [2.24, 2.45) is 0 Å². The van der Waals surface area contributed by atoms with E-state index in [-0.39, 0.29) is 11.6 Å². The van der Waals surface area contributed by atoms with Crippen molar-refractivity contribution >= 4 is 44.2 Å². The molecular formula is C20H17ClN4O4S. The first-order valence-corrected chi connectivity index (χ1v) is 10.5. The normalized spacial score (nSPS) is 14.5. The van der Waals surface area contributed by atoms with Crippen LogP contribution in [0.2, 0.25) is 5.02 Å². The fraction of sp³-hybridized carbons (Fsp3) is 0.250. The molecule has 0 N–H and O–H groups in total. The van der Waals surface area contributed by atoms with Crippen LogP contribution < -0.4 is 9.64 Å². The lowest BCUT2D eigenvalue weighted by molar-refractivity contribution is 0.0736. The Kier molecular flexibility index (Phi) is 4.84. The van der Waals surface area contributed by atoms with E-state index in [0.29, 0.717) is 48.5 Å². The Balaban J connectivity index is 1.29. The number of fused-ring (bicyclic) bond motifs is 1. The second kappa shape index (κ2) is 7.66. The molecule has 0 saturated carbocycles. The van der Waals surface area contributed by atoms with Gasteiger partial charge in [0.2, 0.25) is 5.76 Å². The van der Waals surface area contributed by atoms with E-state index in [1.54, 1.807) is 36.5 Å². The van der Waals surface area contributed by atoms with Crippen LogP contribution >= 0.6 is 22.9 Å². The number of nitrogens with zero attached hydrogens (tertiary/aromatic N) is 4. The van der Waals surface area contributed by atoms with Gasteiger partial charge in [-0.15, -0.1) is 0 Å². The molecule has 10 heteroatoms. The van der Waals surface area contributed by atoms with Gasteiger partial charge in [-0.1, -0.05) is 28.1 Å². The molecule has 4 aromatic rings. The van der Waals surface area contributed by atoms with Crippen molar-refractivity contribution in [1.82, 2.24) is 15.0 Å². The molecule has 0 bridgehead atoms. The summed E-state index contributed by atoms with van der Waals surface area (Å²) < 4.78 is 16.8. The summed E-state index contributed by atoms with van der Waals surface area (Å²) in [6, 6.07) is 8.75. The van der Waals surface area contributed by atoms with Crippen molar-refractivity contribution in [1.29, 1.82) is 0 Å². The predicted octanol–water partition coefficient (Wildman–Crippen LogP) is 4.17. The Morgan fingerprint density at radius 2 is 2.03 bits per heavy atom. The predicted molar refractivity (Wildman–Crippen MR) is 114 cm³/mol. The van der Waals surface area contributed by atoms with Crippen molar-refractivity contribution in [2.75, 3.05) is 38.2 Å². The summed E-state index contributed by atoms with van der Waals surface area (Å²) in [7, 11) is 1.62. The van der Waals surface area contributed by atoms with Gasteiger partial charge in [-0.2, -0.15) is 0 Å². The number of carbonyl (C=O) groups excluding carboxylic acids is 1. The molecular weight excluding hydrogens is 428 g/mol. The number of piperazine rings is 1. The smallest absolute Gasteiger partial charge is 0.276 e. The highest BCUT2D eigenvalue weighted by molar-refractivity contribution is 7.22. The van der Waals surface area contributed by atoms with Gasteiger partial charge in [0.15, 0.2) is 16.6 Å². The van der Waals surface area contributed by atoms with Crippen LogP contribution in [0, 0.1) is 0 Å². The van der Waals surface area contributed by atoms with Gasteiger partial charge in [-0.3, -0.25) is 4.79 Å². The van der Waals surface area contributed by atoms with Crippen molar-refractivity contribution < 1.29 is 18.5 Å². The number of furan rings is 1. The third-order valence-corrected chi connectivity index (χ3v) is 6.57. The summed E-state index contributed by atoms with van der Waals surface area (Å²) in [4.78, 5) is 21.4. The van der Waals surface area contributed by atoms with Gasteiger partial charge >= 0.3 is 0 Å². The molecule has 3 aromatic heterocycles. The zero-order valence-corrected chi connectivity index (χ0v) is 17.6. The molecule has 0 spiro atoms. The number of hydrogen-bond acceptors (Lipinski definition) is 8. The second-order valence-electron chi connectivity index (χ2n) is 6.76. The summed E-state index contributed by atoms with van der Waals surface area (Å²) in [6.45, 7) is 2.44. The molecule has 4 heterocycles. The highest BCUT2D eigenvalue weighted by Gasteiger charge is 2.27. The van der Waals surface area contributed by atoms with Crippen molar-refractivity contribution in [2.45, 2.75) is 0 Å². The molecule has 8 nitrogen and oxygen atoms in total. The average Bonchev–Trinajstić information content (AvgIpc) is 3.54. The Hall–Kier alpha value is -3.04. The van der Waals surface area contributed by atoms with Gasteiger partial charge in [0.25, 0.3) is 5.91 Å². The first-order valence-electron chi connectivity index (χ1n) is 9.32. The fourth-order valence-electron chi connectivity index (χ4n) is 3.41. The lowest BCUT2D eigenvalue weighted by atomic mass is 10.2. The monoisotopic (exact) mass is 444 g/mol. The standard InChI is InChI=1S/C20H17ClN4O4S/c1-27-15-5-4-12(21)18-17(15)22-20(30-18)25-8-6-24(7-9-25)19(26)13-11-16(29-23-13)14-3-2-10-28-14/h2-5,10-11H,6-9H2,1H3. The van der Waals surface area contributed by atoms with Crippen LogP contribution in [0.4, 0.5) is 5.13 Å². The topological polar surface area (TPSA) is 84.8 Å². The van der Waals surface area contributed by atoms with Gasteiger partial charge in [0.05, 0.1) is 23.1 Å². The number of benzene rings is 1. The third-order valence-electron chi connectivity index (χ3n) is 5.00. The first-order chi connectivity index (χ1) is 14.6. The maximum absolute atomic E-state index is 12.8. The van der Waals surface area contributed by atoms with Crippen LogP contribution in [0.5, 0.6) is 5.75 Å². The maximum Gasteiger partial charge on any atom is 0.276 e. The van der Waals surface area contributed by atoms with Gasteiger partial charge in [-0.05, 0) is 24.3 Å². The average molecular weight is 445 g/mol. The van der Waals surface area contributed by atoms with Crippen LogP contribution in [-0.2, 0) is 0 Å². The number of aromatic nitrogens is 2. The SMILES string of the molecule is COc1ccc(Cl)c2sc(N3CCN(C(=O)c4cc(-c5ccco5)on4)CC3)nc12. The largest absolute Gasteiger partial charge is 0.494 e. The fourth-order valence-corrected chi connectivity index (χ4v) is 4.72. The number of ether oxygens (including phenoxy) is 1. The molecule has 0 unspecified atom stereocenters. The van der Waals surface area contributed by atoms with Crippen molar-refractivity contribution in [3.63, 3.8) is 0 Å². The van der Waals surface area contributed by atoms with Crippen LogP contribution in [0.1, 0.15) is 10.5 Å². The van der Waals surface area contributed by atoms with E-state index < -0.39 is 0 Å². The highest BCUT2D eigenvalue weighted by Crippen LogP contribution is 2.38. The summed E-state index contributed by atoms with van der Waals surface area (Å²) in [5.41, 5.74) is 1.03. The minimum Gasteiger partial charge on any atom is -0.494 e. The van der Waals surface area contributed by atoms with E-state index in [4.69, 9.17) is 30.3 Å². The zero-order valence-electron chi connectivity index (χ0n) is 16.0. The lowest BCUT2D eigenvalue weighted by Crippen LogP contribution is -2.48. The summed E-state index contributed by atoms with van der Waals surface area (Å²) >= 11 is 7.86. The lowest BCUT2D eigenvalue weighted by Gasteiger charge is -2.34. The number of rotatable bonds is 4. The quantitative estimate of drug-likeness (QED) is 0.467. The van der Waals surface area contributed by atoms with Gasteiger partial charge in [-0.25, -0.2) is 4.98 Å². The highest BCUT2D eigenvalue weighted by atomic mass is 35.5. The van der Waals surface area contributed by atoms with Gasteiger partial charge < -0.3 is 23.5 Å². The van der Waals surface area contributed by atoms with Crippen LogP contribution in [0.3, 0.4) is 0 Å². The number of amides is 1. The third kappa shape index (κ3) is 3.29. The van der Waals surface area contributed by atoms with E-state index in [1.165, 1.54) is 11.3 Å². The molecule has 0 aliphatic carbocycles. The minimum atomic E-state index is -0.162. The molecule has 1 saturated heterocycles. The summed E-state index contributed by atoms with van der Waals surface area (Å²) in [5.74, 6) is 1.51. The molecule has 154 valence electrons. The van der Waals surface area contributed by atoms with Crippen molar-refractivity contribution in [3.8, 4) is 17.3 Å². The van der Waals surface area contributed by atoms with Crippen LogP contribution in [0.15, 0.2) is 45.5 Å².